The Kier molecular flexibility index (Phi) is 5.69. The van der Waals surface area contributed by atoms with Crippen molar-refractivity contribution >= 4 is 44.0 Å². The molecule has 0 unspecified atom stereocenters. The third kappa shape index (κ3) is 4.71. The smallest absolute Gasteiger partial charge is 0.269 e. The van der Waals surface area contributed by atoms with E-state index in [4.69, 9.17) is 11.6 Å². The molecule has 0 saturated heterocycles. The Morgan fingerprint density at radius 2 is 2.00 bits per heavy atom. The van der Waals surface area contributed by atoms with Gasteiger partial charge in [-0.25, -0.2) is 13.1 Å². The van der Waals surface area contributed by atoms with Gasteiger partial charge in [0.1, 0.15) is 0 Å². The maximum absolute atomic E-state index is 12.1. The number of carbonyl (C=O) groups excluding carboxylic acids is 1. The predicted octanol–water partition coefficient (Wildman–Crippen LogP) is 2.38. The molecule has 0 aliphatic carbocycles. The second kappa shape index (κ2) is 7.35. The van der Waals surface area contributed by atoms with Crippen LogP contribution in [0.3, 0.4) is 0 Å². The minimum Gasteiger partial charge on any atom is -0.296 e. The first-order chi connectivity index (χ1) is 10.8. The Morgan fingerprint density at radius 3 is 2.65 bits per heavy atom. The van der Waals surface area contributed by atoms with Gasteiger partial charge in [-0.1, -0.05) is 48.9 Å². The van der Waals surface area contributed by atoms with Crippen LogP contribution in [0.5, 0.6) is 0 Å². The minimum atomic E-state index is -3.73. The van der Waals surface area contributed by atoms with Gasteiger partial charge in [-0.3, -0.25) is 10.1 Å². The fourth-order valence-corrected chi connectivity index (χ4v) is 3.89. The number of benzene rings is 1. The van der Waals surface area contributed by atoms with Crippen molar-refractivity contribution in [3.05, 3.63) is 34.9 Å². The number of nitrogens with one attached hydrogen (secondary N) is 2. The number of nitrogens with zero attached hydrogens (tertiary/aromatic N) is 2. The van der Waals surface area contributed by atoms with E-state index >= 15 is 0 Å². The Balaban J connectivity index is 2.11. The van der Waals surface area contributed by atoms with E-state index in [1.165, 1.54) is 0 Å². The SMILES string of the molecule is CC(C)CNS(=O)(=O)c1nnc(NC(=O)c2ccccc2Cl)s1. The first kappa shape index (κ1) is 17.8. The van der Waals surface area contributed by atoms with E-state index in [1.807, 2.05) is 13.8 Å². The molecule has 10 heteroatoms. The Hall–Kier alpha value is -1.55. The van der Waals surface area contributed by atoms with Crippen molar-refractivity contribution in [3.63, 3.8) is 0 Å². The van der Waals surface area contributed by atoms with Gasteiger partial charge in [0, 0.05) is 6.54 Å². The highest BCUT2D eigenvalue weighted by atomic mass is 35.5. The number of halogens is 1. The first-order valence-electron chi connectivity index (χ1n) is 6.68. The molecule has 1 aromatic carbocycles. The zero-order chi connectivity index (χ0) is 17.0. The molecule has 0 fully saturated rings. The lowest BCUT2D eigenvalue weighted by atomic mass is 10.2. The zero-order valence-corrected chi connectivity index (χ0v) is 14.8. The number of aromatic nitrogens is 2. The maximum atomic E-state index is 12.1. The van der Waals surface area contributed by atoms with E-state index in [1.54, 1.807) is 24.3 Å². The fraction of sp³-hybridized carbons (Fsp3) is 0.308. The average Bonchev–Trinajstić information content (AvgIpc) is 2.95. The molecule has 1 amide bonds. The van der Waals surface area contributed by atoms with E-state index < -0.39 is 15.9 Å². The van der Waals surface area contributed by atoms with E-state index in [-0.39, 0.29) is 21.0 Å². The van der Waals surface area contributed by atoms with Crippen molar-refractivity contribution in [1.29, 1.82) is 0 Å². The van der Waals surface area contributed by atoms with Crippen LogP contribution >= 0.6 is 22.9 Å². The highest BCUT2D eigenvalue weighted by Crippen LogP contribution is 2.22. The van der Waals surface area contributed by atoms with Gasteiger partial charge in [-0.05, 0) is 18.1 Å². The zero-order valence-electron chi connectivity index (χ0n) is 12.4. The van der Waals surface area contributed by atoms with Crippen LogP contribution in [0.1, 0.15) is 24.2 Å². The summed E-state index contributed by atoms with van der Waals surface area (Å²) in [5.41, 5.74) is 0.270. The van der Waals surface area contributed by atoms with Crippen LogP contribution < -0.4 is 10.0 Å². The lowest BCUT2D eigenvalue weighted by Crippen LogP contribution is -2.27. The van der Waals surface area contributed by atoms with E-state index in [0.29, 0.717) is 11.6 Å². The molecular weight excluding hydrogens is 360 g/mol. The molecule has 7 nitrogen and oxygen atoms in total. The van der Waals surface area contributed by atoms with Gasteiger partial charge in [0.2, 0.25) is 9.47 Å². The topological polar surface area (TPSA) is 101 Å². The molecule has 0 spiro atoms. The van der Waals surface area contributed by atoms with E-state index in [2.05, 4.69) is 20.2 Å². The molecule has 2 rings (SSSR count). The second-order valence-electron chi connectivity index (χ2n) is 5.05. The lowest BCUT2D eigenvalue weighted by molar-refractivity contribution is 0.102. The number of amides is 1. The number of sulfonamides is 1. The van der Waals surface area contributed by atoms with Crippen LogP contribution in [-0.2, 0) is 10.0 Å². The molecule has 0 aliphatic rings. The van der Waals surface area contributed by atoms with E-state index in [0.717, 1.165) is 11.3 Å². The van der Waals surface area contributed by atoms with Crippen LogP contribution in [0.2, 0.25) is 5.02 Å². The highest BCUT2D eigenvalue weighted by molar-refractivity contribution is 7.91. The lowest BCUT2D eigenvalue weighted by Gasteiger charge is -2.05. The normalized spacial score (nSPS) is 11.7. The predicted molar refractivity (Wildman–Crippen MR) is 89.3 cm³/mol. The summed E-state index contributed by atoms with van der Waals surface area (Å²) in [5, 5.41) is 10.1. The van der Waals surface area contributed by atoms with Crippen molar-refractivity contribution in [2.45, 2.75) is 18.2 Å². The molecule has 1 heterocycles. The molecule has 1 aromatic heterocycles. The van der Waals surface area contributed by atoms with Gasteiger partial charge in [0.25, 0.3) is 15.9 Å². The summed E-state index contributed by atoms with van der Waals surface area (Å²) in [6, 6.07) is 6.52. The second-order valence-corrected chi connectivity index (χ2v) is 8.38. The monoisotopic (exact) mass is 374 g/mol. The molecule has 0 radical (unpaired) electrons. The maximum Gasteiger partial charge on any atom is 0.269 e. The highest BCUT2D eigenvalue weighted by Gasteiger charge is 2.21. The summed E-state index contributed by atoms with van der Waals surface area (Å²) in [7, 11) is -3.73. The molecule has 23 heavy (non-hydrogen) atoms. The molecule has 2 aromatic rings. The number of anilines is 1. The van der Waals surface area contributed by atoms with Crippen LogP contribution in [0.25, 0.3) is 0 Å². The van der Waals surface area contributed by atoms with Gasteiger partial charge >= 0.3 is 0 Å². The third-order valence-corrected chi connectivity index (χ3v) is 5.62. The standard InChI is InChI=1S/C13H15ClN4O3S2/c1-8(2)7-15-23(20,21)13-18-17-12(22-13)16-11(19)9-5-3-4-6-10(9)14/h3-6,8,15H,7H2,1-2H3,(H,16,17,19). The molecule has 2 N–H and O–H groups in total. The molecular formula is C13H15ClN4O3S2. The van der Waals surface area contributed by atoms with Crippen molar-refractivity contribution in [3.8, 4) is 0 Å². The van der Waals surface area contributed by atoms with Crippen molar-refractivity contribution in [2.24, 2.45) is 5.92 Å². The van der Waals surface area contributed by atoms with Crippen LogP contribution in [0, 0.1) is 5.92 Å². The number of rotatable bonds is 6. The molecule has 0 saturated carbocycles. The van der Waals surface area contributed by atoms with Crippen LogP contribution in [-0.4, -0.2) is 31.1 Å². The van der Waals surface area contributed by atoms with Gasteiger partial charge in [0.05, 0.1) is 10.6 Å². The Labute approximate surface area is 143 Å². The summed E-state index contributed by atoms with van der Waals surface area (Å²) in [5.74, 6) is -0.317. The number of hydrogen-bond donors (Lipinski definition) is 2. The summed E-state index contributed by atoms with van der Waals surface area (Å²) in [6.07, 6.45) is 0. The van der Waals surface area contributed by atoms with E-state index in [9.17, 15) is 13.2 Å². The minimum absolute atomic E-state index is 0.0832. The van der Waals surface area contributed by atoms with Crippen LogP contribution in [0.4, 0.5) is 5.13 Å². The van der Waals surface area contributed by atoms with Gasteiger partial charge in [-0.15, -0.1) is 10.2 Å². The Bertz CT molecular complexity index is 805. The summed E-state index contributed by atoms with van der Waals surface area (Å²) < 4.78 is 26.3. The first-order valence-corrected chi connectivity index (χ1v) is 9.36. The quantitative estimate of drug-likeness (QED) is 0.756. The summed E-state index contributed by atoms with van der Waals surface area (Å²) in [6.45, 7) is 4.07. The van der Waals surface area contributed by atoms with Crippen molar-refractivity contribution < 1.29 is 13.2 Å². The summed E-state index contributed by atoms with van der Waals surface area (Å²) >= 11 is 6.71. The molecule has 0 bridgehead atoms. The third-order valence-electron chi connectivity index (χ3n) is 2.66. The van der Waals surface area contributed by atoms with Gasteiger partial charge < -0.3 is 0 Å². The summed E-state index contributed by atoms with van der Waals surface area (Å²) in [4.78, 5) is 12.1. The number of hydrogen-bond acceptors (Lipinski definition) is 6. The Morgan fingerprint density at radius 1 is 1.30 bits per heavy atom. The van der Waals surface area contributed by atoms with Crippen molar-refractivity contribution in [2.75, 3.05) is 11.9 Å². The molecule has 0 aliphatic heterocycles. The van der Waals surface area contributed by atoms with Crippen LogP contribution in [0.15, 0.2) is 28.6 Å². The molecule has 124 valence electrons. The van der Waals surface area contributed by atoms with Gasteiger partial charge in [-0.2, -0.15) is 0 Å². The largest absolute Gasteiger partial charge is 0.296 e. The van der Waals surface area contributed by atoms with Crippen molar-refractivity contribution in [1.82, 2.24) is 14.9 Å². The fourth-order valence-electron chi connectivity index (χ4n) is 1.52. The number of carbonyl (C=O) groups is 1. The van der Waals surface area contributed by atoms with Gasteiger partial charge in [0.15, 0.2) is 0 Å². The average molecular weight is 375 g/mol. The molecule has 0 atom stereocenters.